The molecule has 0 amide bonds. The van der Waals surface area contributed by atoms with E-state index in [1.54, 1.807) is 36.9 Å². The molecule has 0 fully saturated rings. The molecule has 2 aromatic heterocycles. The van der Waals surface area contributed by atoms with Crippen LogP contribution < -0.4 is 10.7 Å². The summed E-state index contributed by atoms with van der Waals surface area (Å²) in [5, 5.41) is 28.5. The Morgan fingerprint density at radius 3 is 1.97 bits per heavy atom. The fourth-order valence-electron chi connectivity index (χ4n) is 2.23. The predicted molar refractivity (Wildman–Crippen MR) is 122 cm³/mol. The van der Waals surface area contributed by atoms with E-state index in [1.165, 1.54) is 24.1 Å². The van der Waals surface area contributed by atoms with Crippen molar-refractivity contribution in [3.05, 3.63) is 46.2 Å². The van der Waals surface area contributed by atoms with Gasteiger partial charge in [-0.3, -0.25) is 4.57 Å². The van der Waals surface area contributed by atoms with Gasteiger partial charge in [-0.25, -0.2) is 14.5 Å². The maximum absolute atomic E-state index is 10.3. The van der Waals surface area contributed by atoms with E-state index in [-0.39, 0.29) is 11.9 Å². The van der Waals surface area contributed by atoms with Crippen LogP contribution in [0.5, 0.6) is 6.01 Å². The Labute approximate surface area is 196 Å². The summed E-state index contributed by atoms with van der Waals surface area (Å²) in [7, 11) is 9.27. The van der Waals surface area contributed by atoms with Crippen molar-refractivity contribution in [2.24, 2.45) is 30.1 Å². The number of hydrogen-bond donors (Lipinski definition) is 3. The molecule has 3 heterocycles. The number of hydrogen-bond acceptors (Lipinski definition) is 11. The molecule has 0 saturated heterocycles. The first-order valence-electron chi connectivity index (χ1n) is 9.35. The number of aromatic nitrogens is 4. The minimum Gasteiger partial charge on any atom is -0.408 e. The Morgan fingerprint density at radius 2 is 1.65 bits per heavy atom. The molecule has 4 N–H and O–H groups in total. The van der Waals surface area contributed by atoms with Gasteiger partial charge in [-0.05, 0) is 10.1 Å². The molecule has 0 aromatic carbocycles. The summed E-state index contributed by atoms with van der Waals surface area (Å²) in [6, 6.07) is 0.386. The minimum absolute atomic E-state index is 0.165. The first-order chi connectivity index (χ1) is 16.2. The van der Waals surface area contributed by atoms with Gasteiger partial charge in [0.15, 0.2) is 0 Å². The van der Waals surface area contributed by atoms with Crippen LogP contribution in [-0.2, 0) is 36.8 Å². The zero-order valence-corrected chi connectivity index (χ0v) is 19.9. The van der Waals surface area contributed by atoms with Crippen LogP contribution in [0.4, 0.5) is 5.95 Å². The highest BCUT2D eigenvalue weighted by Crippen LogP contribution is 2.11. The number of nitro groups is 1. The molecule has 2 aromatic rings. The Kier molecular flexibility index (Phi) is 14.1. The molecule has 0 saturated carbocycles. The van der Waals surface area contributed by atoms with Crippen LogP contribution in [0.25, 0.3) is 0 Å². The lowest BCUT2D eigenvalue weighted by atomic mass is 10.5. The van der Waals surface area contributed by atoms with Gasteiger partial charge in [0.1, 0.15) is 18.5 Å². The fraction of sp³-hybridized carbons (Fsp3) is 0.444. The summed E-state index contributed by atoms with van der Waals surface area (Å²) in [6.07, 6.45) is 4.63. The first-order valence-corrected chi connectivity index (χ1v) is 9.35. The Hall–Kier alpha value is -3.86. The van der Waals surface area contributed by atoms with E-state index in [4.69, 9.17) is 25.7 Å². The largest absolute Gasteiger partial charge is 0.434 e. The van der Waals surface area contributed by atoms with Crippen molar-refractivity contribution in [3.63, 3.8) is 0 Å². The second-order valence-corrected chi connectivity index (χ2v) is 6.15. The van der Waals surface area contributed by atoms with Gasteiger partial charge in [0.25, 0.3) is 5.96 Å². The molecular weight excluding hydrogens is 454 g/mol. The van der Waals surface area contributed by atoms with Crippen molar-refractivity contribution < 1.29 is 29.5 Å². The van der Waals surface area contributed by atoms with Crippen LogP contribution in [0.3, 0.4) is 0 Å². The molecule has 0 atom stereocenters. The number of methoxy groups -OCH3 is 2. The Balaban J connectivity index is 0.000000467. The topological polar surface area (TPSA) is 201 Å². The van der Waals surface area contributed by atoms with Gasteiger partial charge in [0.05, 0.1) is 37.5 Å². The lowest BCUT2D eigenvalue weighted by Gasteiger charge is -2.07. The van der Waals surface area contributed by atoms with Crippen molar-refractivity contribution >= 4 is 18.1 Å². The molecule has 3 rings (SSSR count). The summed E-state index contributed by atoms with van der Waals surface area (Å²) in [6.45, 7) is 4.46. The number of allylic oxidation sites excluding steroid dienone is 1. The lowest BCUT2D eigenvalue weighted by molar-refractivity contribution is -0.396. The minimum atomic E-state index is -0.529. The average Bonchev–Trinajstić information content (AvgIpc) is 3.49. The average molecular weight is 486 g/mol. The maximum Gasteiger partial charge on any atom is 0.434 e. The SMILES string of the molecule is C=C1C=N/C(=N/O)N1C.CO.COCc1cnc(ON)n1C.COCc1cnc([N+](=O)[O-])n1C. The number of ether oxygens (including phenoxy) is 2. The van der Waals surface area contributed by atoms with Gasteiger partial charge < -0.3 is 39.6 Å². The van der Waals surface area contributed by atoms with E-state index in [9.17, 15) is 10.1 Å². The number of aliphatic hydroxyl groups is 1. The zero-order valence-electron chi connectivity index (χ0n) is 19.9. The molecule has 0 unspecified atom stereocenters. The van der Waals surface area contributed by atoms with Gasteiger partial charge >= 0.3 is 12.0 Å². The monoisotopic (exact) mass is 485 g/mol. The maximum atomic E-state index is 10.3. The molecule has 1 aliphatic heterocycles. The molecular formula is C18H31N9O7. The molecule has 34 heavy (non-hydrogen) atoms. The molecule has 16 heteroatoms. The molecule has 0 radical (unpaired) electrons. The lowest BCUT2D eigenvalue weighted by Crippen LogP contribution is -2.17. The Morgan fingerprint density at radius 1 is 1.12 bits per heavy atom. The highest BCUT2D eigenvalue weighted by atomic mass is 16.6. The van der Waals surface area contributed by atoms with Crippen LogP contribution >= 0.6 is 0 Å². The van der Waals surface area contributed by atoms with Crippen LogP contribution in [0, 0.1) is 10.1 Å². The highest BCUT2D eigenvalue weighted by molar-refractivity contribution is 6.01. The number of aliphatic hydroxyl groups excluding tert-OH is 1. The summed E-state index contributed by atoms with van der Waals surface area (Å²) >= 11 is 0. The van der Waals surface area contributed by atoms with Gasteiger partial charge in [0.2, 0.25) is 0 Å². The molecule has 190 valence electrons. The number of rotatable bonds is 6. The number of guanidine groups is 1. The second kappa shape index (κ2) is 15.9. The molecule has 0 spiro atoms. The van der Waals surface area contributed by atoms with E-state index in [0.717, 1.165) is 18.5 Å². The van der Waals surface area contributed by atoms with E-state index in [2.05, 4.69) is 31.5 Å². The van der Waals surface area contributed by atoms with Crippen molar-refractivity contribution in [3.8, 4) is 6.01 Å². The van der Waals surface area contributed by atoms with Crippen LogP contribution in [-0.4, -0.2) is 79.8 Å². The van der Waals surface area contributed by atoms with Crippen molar-refractivity contribution in [1.82, 2.24) is 24.0 Å². The van der Waals surface area contributed by atoms with Crippen molar-refractivity contribution in [2.45, 2.75) is 13.2 Å². The summed E-state index contributed by atoms with van der Waals surface area (Å²) in [4.78, 5) is 27.1. The van der Waals surface area contributed by atoms with Crippen LogP contribution in [0.2, 0.25) is 0 Å². The van der Waals surface area contributed by atoms with E-state index in [1.807, 2.05) is 7.05 Å². The van der Waals surface area contributed by atoms with Gasteiger partial charge in [-0.15, -0.1) is 0 Å². The quantitative estimate of drug-likeness (QED) is 0.286. The summed E-state index contributed by atoms with van der Waals surface area (Å²) < 4.78 is 12.8. The summed E-state index contributed by atoms with van der Waals surface area (Å²) in [5.41, 5.74) is 2.33. The van der Waals surface area contributed by atoms with E-state index < -0.39 is 4.92 Å². The molecule has 1 aliphatic rings. The molecule has 16 nitrogen and oxygen atoms in total. The van der Waals surface area contributed by atoms with E-state index in [0.29, 0.717) is 24.9 Å². The van der Waals surface area contributed by atoms with Crippen LogP contribution in [0.15, 0.2) is 34.8 Å². The number of aliphatic imine (C=N–C) groups is 1. The number of oxime groups is 1. The predicted octanol–water partition coefficient (Wildman–Crippen LogP) is 0.164. The van der Waals surface area contributed by atoms with Crippen molar-refractivity contribution in [2.75, 3.05) is 28.4 Å². The van der Waals surface area contributed by atoms with E-state index >= 15 is 0 Å². The standard InChI is InChI=1S/C6H9N3O3.C6H11N3O2.C5H7N3O.CH4O/c1-8-5(4-12-2)3-7-6(8)9(10)11;1-9-5(4-10-2)3-8-6(9)11-7;1-4-3-6-5(7-9)8(4)2;1-2/h3H,4H2,1-2H3;3H,4,7H2,1-2H3;3,9H,1H2,2H3;2H,1H3/b;;7-5-;. The molecule has 0 aliphatic carbocycles. The third-order valence-corrected chi connectivity index (χ3v) is 4.10. The smallest absolute Gasteiger partial charge is 0.408 e. The highest BCUT2D eigenvalue weighted by Gasteiger charge is 2.16. The third kappa shape index (κ3) is 8.58. The number of imidazole rings is 2. The van der Waals surface area contributed by atoms with Gasteiger partial charge in [0, 0.05) is 35.4 Å². The summed E-state index contributed by atoms with van der Waals surface area (Å²) in [5.74, 6) is 5.05. The van der Waals surface area contributed by atoms with Crippen LogP contribution in [0.1, 0.15) is 11.4 Å². The number of nitrogens with two attached hydrogens (primary N) is 1. The molecule has 0 bridgehead atoms. The first kappa shape index (κ1) is 30.1. The van der Waals surface area contributed by atoms with Crippen molar-refractivity contribution in [1.29, 1.82) is 0 Å². The third-order valence-electron chi connectivity index (χ3n) is 4.10. The van der Waals surface area contributed by atoms with Gasteiger partial charge in [-0.1, -0.05) is 11.6 Å². The normalized spacial score (nSPS) is 12.9. The van der Waals surface area contributed by atoms with Gasteiger partial charge in [-0.2, -0.15) is 5.90 Å². The second-order valence-electron chi connectivity index (χ2n) is 6.15. The number of nitrogens with zero attached hydrogens (tertiary/aromatic N) is 8. The Bertz CT molecular complexity index is 969. The zero-order chi connectivity index (χ0) is 26.3. The fourth-order valence-corrected chi connectivity index (χ4v) is 2.23.